The number of nitrogens with zero attached hydrogens (tertiary/aromatic N) is 2. The third-order valence-corrected chi connectivity index (χ3v) is 4.56. The highest BCUT2D eigenvalue weighted by Crippen LogP contribution is 2.31. The van der Waals surface area contributed by atoms with Crippen LogP contribution in [0.1, 0.15) is 51.2 Å². The average molecular weight is 484 g/mol. The minimum atomic E-state index is -0.943. The predicted molar refractivity (Wildman–Crippen MR) is 101 cm³/mol. The van der Waals surface area contributed by atoms with Gasteiger partial charge in [-0.1, -0.05) is 0 Å². The summed E-state index contributed by atoms with van der Waals surface area (Å²) in [5, 5.41) is 0. The van der Waals surface area contributed by atoms with Gasteiger partial charge in [-0.15, -0.1) is 0 Å². The molecule has 1 aromatic rings. The fourth-order valence-electron chi connectivity index (χ4n) is 1.49. The topological polar surface area (TPSA) is 95.0 Å². The zero-order chi connectivity index (χ0) is 19.6. The Morgan fingerprint density at radius 3 is 1.80 bits per heavy atom. The molecule has 0 aromatic carbocycles. The molecule has 1 rings (SSSR count). The van der Waals surface area contributed by atoms with E-state index in [1.54, 1.807) is 41.5 Å². The number of hydrogen-bond donors (Lipinski definition) is 0. The largest absolute Gasteiger partial charge is 0.465 e. The monoisotopic (exact) mass is 484 g/mol. The van der Waals surface area contributed by atoms with Crippen LogP contribution in [0.15, 0.2) is 0 Å². The van der Waals surface area contributed by atoms with E-state index < -0.39 is 29.4 Å². The molecule has 0 saturated carbocycles. The Kier molecular flexibility index (Phi) is 6.79. The summed E-state index contributed by atoms with van der Waals surface area (Å²) in [6.07, 6.45) is -1.89. The number of rotatable bonds is 2. The molecular weight excluding hydrogens is 463 g/mol. The van der Waals surface area contributed by atoms with E-state index in [9.17, 15) is 14.4 Å². The van der Waals surface area contributed by atoms with Crippen LogP contribution in [-0.4, -0.2) is 40.8 Å². The molecule has 25 heavy (non-hydrogen) atoms. The van der Waals surface area contributed by atoms with Gasteiger partial charge < -0.3 is 14.2 Å². The first-order valence-electron chi connectivity index (χ1n) is 7.26. The van der Waals surface area contributed by atoms with Crippen molar-refractivity contribution in [3.8, 4) is 0 Å². The van der Waals surface area contributed by atoms with Crippen molar-refractivity contribution in [3.05, 3.63) is 8.45 Å². The number of carbonyl (C=O) groups excluding carboxylic acids is 3. The molecule has 0 saturated heterocycles. The molecule has 0 spiro atoms. The van der Waals surface area contributed by atoms with Crippen molar-refractivity contribution < 1.29 is 28.6 Å². The van der Waals surface area contributed by atoms with Crippen molar-refractivity contribution in [1.82, 2.24) is 4.37 Å². The molecule has 0 fully saturated rings. The Morgan fingerprint density at radius 1 is 1.00 bits per heavy atom. The smallest absolute Gasteiger partial charge is 0.425 e. The number of esters is 1. The van der Waals surface area contributed by atoms with Crippen LogP contribution in [0.2, 0.25) is 0 Å². The van der Waals surface area contributed by atoms with Gasteiger partial charge in [0.05, 0.1) is 10.7 Å². The lowest BCUT2D eigenvalue weighted by atomic mass is 10.2. The van der Waals surface area contributed by atoms with Gasteiger partial charge in [0.25, 0.3) is 0 Å². The average Bonchev–Trinajstić information content (AvgIpc) is 2.76. The fourth-order valence-corrected chi connectivity index (χ4v) is 3.21. The molecule has 1 aromatic heterocycles. The summed E-state index contributed by atoms with van der Waals surface area (Å²) in [6, 6.07) is 0. The van der Waals surface area contributed by atoms with Gasteiger partial charge in [-0.3, -0.25) is 0 Å². The van der Waals surface area contributed by atoms with E-state index in [0.717, 1.165) is 11.5 Å². The summed E-state index contributed by atoms with van der Waals surface area (Å²) in [5.41, 5.74) is -1.66. The molecule has 0 radical (unpaired) electrons. The minimum absolute atomic E-state index is 0.0329. The third kappa shape index (κ3) is 6.10. The lowest BCUT2D eigenvalue weighted by Gasteiger charge is -2.27. The maximum Gasteiger partial charge on any atom is 0.425 e. The molecule has 1 heterocycles. The zero-order valence-corrected chi connectivity index (χ0v) is 18.1. The van der Waals surface area contributed by atoms with Gasteiger partial charge in [-0.2, -0.15) is 9.27 Å². The predicted octanol–water partition coefficient (Wildman–Crippen LogP) is 4.21. The van der Waals surface area contributed by atoms with Crippen LogP contribution in [0.25, 0.3) is 0 Å². The molecule has 8 nitrogen and oxygen atoms in total. The second-order valence-electron chi connectivity index (χ2n) is 6.94. The number of anilines is 1. The summed E-state index contributed by atoms with van der Waals surface area (Å²) >= 11 is 2.64. The maximum absolute atomic E-state index is 12.5. The Hall–Kier alpha value is -1.43. The van der Waals surface area contributed by atoms with E-state index >= 15 is 0 Å². The molecule has 0 aliphatic carbocycles. The standard InChI is InChI=1S/C15H21IN2O6S/c1-14(2,3)23-12(20)18(13(21)24-15(4,5)6)10-8(16)9(25-17-10)11(19)22-7/h1-7H3. The Bertz CT molecular complexity index is 647. The first kappa shape index (κ1) is 21.6. The van der Waals surface area contributed by atoms with E-state index in [1.165, 1.54) is 7.11 Å². The normalized spacial score (nSPS) is 11.7. The molecule has 0 unspecified atom stereocenters. The van der Waals surface area contributed by atoms with E-state index in [2.05, 4.69) is 9.11 Å². The minimum Gasteiger partial charge on any atom is -0.465 e. The Labute approximate surface area is 164 Å². The SMILES string of the molecule is COC(=O)c1snc(N(C(=O)OC(C)(C)C)C(=O)OC(C)(C)C)c1I. The van der Waals surface area contributed by atoms with Crippen LogP contribution >= 0.6 is 34.1 Å². The molecule has 0 aliphatic heterocycles. The van der Waals surface area contributed by atoms with Gasteiger partial charge in [0.15, 0.2) is 5.82 Å². The van der Waals surface area contributed by atoms with Crippen molar-refractivity contribution >= 4 is 58.1 Å². The van der Waals surface area contributed by atoms with Crippen molar-refractivity contribution in [3.63, 3.8) is 0 Å². The molecule has 0 aliphatic rings. The molecule has 10 heteroatoms. The second kappa shape index (κ2) is 7.85. The van der Waals surface area contributed by atoms with Crippen molar-refractivity contribution in [2.24, 2.45) is 0 Å². The summed E-state index contributed by atoms with van der Waals surface area (Å²) in [5.74, 6) is -0.643. The van der Waals surface area contributed by atoms with Gasteiger partial charge in [-0.25, -0.2) is 14.4 Å². The molecular formula is C15H21IN2O6S. The molecule has 0 atom stereocenters. The van der Waals surface area contributed by atoms with E-state index in [1.807, 2.05) is 22.6 Å². The Balaban J connectivity index is 3.32. The van der Waals surface area contributed by atoms with Gasteiger partial charge in [0.1, 0.15) is 16.1 Å². The van der Waals surface area contributed by atoms with Crippen molar-refractivity contribution in [2.75, 3.05) is 12.0 Å². The number of aromatic nitrogens is 1. The van der Waals surface area contributed by atoms with Gasteiger partial charge >= 0.3 is 18.2 Å². The number of methoxy groups -OCH3 is 1. The molecule has 0 N–H and O–H groups in total. The number of amides is 2. The highest BCUT2D eigenvalue weighted by molar-refractivity contribution is 14.1. The summed E-state index contributed by atoms with van der Waals surface area (Å²) in [4.78, 5) is 37.7. The number of imide groups is 1. The number of hydrogen-bond acceptors (Lipinski definition) is 8. The fraction of sp³-hybridized carbons (Fsp3) is 0.600. The van der Waals surface area contributed by atoms with Gasteiger partial charge in [-0.05, 0) is 75.7 Å². The number of ether oxygens (including phenoxy) is 3. The molecule has 140 valence electrons. The van der Waals surface area contributed by atoms with Gasteiger partial charge in [0.2, 0.25) is 0 Å². The van der Waals surface area contributed by atoms with Crippen LogP contribution in [0, 0.1) is 3.57 Å². The van der Waals surface area contributed by atoms with Crippen LogP contribution < -0.4 is 4.90 Å². The quantitative estimate of drug-likeness (QED) is 0.353. The molecule has 0 bridgehead atoms. The summed E-state index contributed by atoms with van der Waals surface area (Å²) in [7, 11) is 1.23. The van der Waals surface area contributed by atoms with E-state index in [-0.39, 0.29) is 10.7 Å². The summed E-state index contributed by atoms with van der Waals surface area (Å²) in [6.45, 7) is 10.0. The lowest BCUT2D eigenvalue weighted by Crippen LogP contribution is -2.44. The lowest BCUT2D eigenvalue weighted by molar-refractivity contribution is 0.0427. The van der Waals surface area contributed by atoms with E-state index in [4.69, 9.17) is 9.47 Å². The zero-order valence-electron chi connectivity index (χ0n) is 15.1. The number of carbonyl (C=O) groups is 3. The van der Waals surface area contributed by atoms with E-state index in [0.29, 0.717) is 8.47 Å². The summed E-state index contributed by atoms with van der Waals surface area (Å²) < 4.78 is 19.6. The second-order valence-corrected chi connectivity index (χ2v) is 8.79. The third-order valence-electron chi connectivity index (χ3n) is 2.35. The van der Waals surface area contributed by atoms with Crippen LogP contribution in [0.3, 0.4) is 0 Å². The van der Waals surface area contributed by atoms with Crippen LogP contribution in [0.4, 0.5) is 15.4 Å². The number of halogens is 1. The molecule has 2 amide bonds. The van der Waals surface area contributed by atoms with Crippen LogP contribution in [-0.2, 0) is 14.2 Å². The van der Waals surface area contributed by atoms with Gasteiger partial charge in [0, 0.05) is 0 Å². The van der Waals surface area contributed by atoms with Crippen LogP contribution in [0.5, 0.6) is 0 Å². The van der Waals surface area contributed by atoms with Crippen molar-refractivity contribution in [2.45, 2.75) is 52.7 Å². The first-order valence-corrected chi connectivity index (χ1v) is 9.11. The first-order chi connectivity index (χ1) is 11.3. The highest BCUT2D eigenvalue weighted by atomic mass is 127. The maximum atomic E-state index is 12.5. The highest BCUT2D eigenvalue weighted by Gasteiger charge is 2.37. The van der Waals surface area contributed by atoms with Crippen molar-refractivity contribution in [1.29, 1.82) is 0 Å². The Morgan fingerprint density at radius 2 is 1.44 bits per heavy atom.